The van der Waals surface area contributed by atoms with Gasteiger partial charge in [-0.1, -0.05) is 221 Å². The number of esters is 3. The van der Waals surface area contributed by atoms with E-state index in [2.05, 4.69) is 41.5 Å². The first-order chi connectivity index (χ1) is 26.6. The summed E-state index contributed by atoms with van der Waals surface area (Å²) in [6, 6.07) is 0. The molecule has 1 unspecified atom stereocenters. The van der Waals surface area contributed by atoms with Crippen LogP contribution in [0.3, 0.4) is 0 Å². The molecule has 6 nitrogen and oxygen atoms in total. The van der Waals surface area contributed by atoms with Gasteiger partial charge in [0.25, 0.3) is 0 Å². The molecular weight excluding hydrogens is 685 g/mol. The lowest BCUT2D eigenvalue weighted by molar-refractivity contribution is -0.167. The van der Waals surface area contributed by atoms with Crippen LogP contribution in [-0.2, 0) is 28.6 Å². The van der Waals surface area contributed by atoms with E-state index in [0.29, 0.717) is 19.3 Å². The van der Waals surface area contributed by atoms with E-state index in [-0.39, 0.29) is 31.1 Å². The fraction of sp³-hybridized carbons (Fsp3) is 0.939. The van der Waals surface area contributed by atoms with E-state index in [4.69, 9.17) is 14.2 Å². The summed E-state index contributed by atoms with van der Waals surface area (Å²) in [6.07, 6.45) is 38.1. The second-order valence-corrected chi connectivity index (χ2v) is 17.9. The third-order valence-electron chi connectivity index (χ3n) is 11.3. The largest absolute Gasteiger partial charge is 0.462 e. The SMILES string of the molecule is CCC(C)CCCCCCCCCCC(=O)O[C@@H](COC(=O)CCCCCCCCCCCCCCCC(C)C)COC(=O)CCCCCCCCC(C)C. The summed E-state index contributed by atoms with van der Waals surface area (Å²) >= 11 is 0. The molecular formula is C49H94O6. The van der Waals surface area contributed by atoms with Crippen LogP contribution < -0.4 is 0 Å². The van der Waals surface area contributed by atoms with Crippen LogP contribution in [0.1, 0.15) is 260 Å². The van der Waals surface area contributed by atoms with Gasteiger partial charge < -0.3 is 14.2 Å². The fourth-order valence-corrected chi connectivity index (χ4v) is 7.20. The Bertz CT molecular complexity index is 854. The second kappa shape index (κ2) is 40.6. The molecule has 0 spiro atoms. The van der Waals surface area contributed by atoms with Gasteiger partial charge in [0.15, 0.2) is 6.10 Å². The van der Waals surface area contributed by atoms with Gasteiger partial charge in [0.1, 0.15) is 13.2 Å². The minimum Gasteiger partial charge on any atom is -0.462 e. The number of hydrogen-bond donors (Lipinski definition) is 0. The quantitative estimate of drug-likeness (QED) is 0.0349. The van der Waals surface area contributed by atoms with Gasteiger partial charge in [-0.2, -0.15) is 0 Å². The van der Waals surface area contributed by atoms with Crippen molar-refractivity contribution in [3.8, 4) is 0 Å². The maximum Gasteiger partial charge on any atom is 0.306 e. The van der Waals surface area contributed by atoms with E-state index in [0.717, 1.165) is 75.5 Å². The van der Waals surface area contributed by atoms with Crippen LogP contribution in [0.5, 0.6) is 0 Å². The predicted molar refractivity (Wildman–Crippen MR) is 233 cm³/mol. The summed E-state index contributed by atoms with van der Waals surface area (Å²) in [5, 5.41) is 0. The van der Waals surface area contributed by atoms with Gasteiger partial charge in [-0.15, -0.1) is 0 Å². The fourth-order valence-electron chi connectivity index (χ4n) is 7.20. The molecule has 0 bridgehead atoms. The molecule has 0 rings (SSSR count). The molecule has 0 heterocycles. The first-order valence-electron chi connectivity index (χ1n) is 24.1. The molecule has 0 aliphatic heterocycles. The number of carbonyl (C=O) groups is 3. The van der Waals surface area contributed by atoms with Crippen LogP contribution >= 0.6 is 0 Å². The molecule has 6 heteroatoms. The highest BCUT2D eigenvalue weighted by molar-refractivity contribution is 5.71. The number of rotatable bonds is 42. The van der Waals surface area contributed by atoms with Gasteiger partial charge in [-0.3, -0.25) is 14.4 Å². The van der Waals surface area contributed by atoms with Gasteiger partial charge in [-0.25, -0.2) is 0 Å². The Kier molecular flexibility index (Phi) is 39.4. The Balaban J connectivity index is 4.29. The maximum atomic E-state index is 12.7. The number of carbonyl (C=O) groups excluding carboxylic acids is 3. The van der Waals surface area contributed by atoms with E-state index >= 15 is 0 Å². The Hall–Kier alpha value is -1.59. The van der Waals surface area contributed by atoms with Crippen molar-refractivity contribution in [1.29, 1.82) is 0 Å². The lowest BCUT2D eigenvalue weighted by atomic mass is 9.99. The van der Waals surface area contributed by atoms with Gasteiger partial charge in [0.05, 0.1) is 0 Å². The zero-order valence-corrected chi connectivity index (χ0v) is 37.7. The molecule has 326 valence electrons. The highest BCUT2D eigenvalue weighted by Gasteiger charge is 2.19. The number of ether oxygens (including phenoxy) is 3. The van der Waals surface area contributed by atoms with Crippen LogP contribution in [0.25, 0.3) is 0 Å². The van der Waals surface area contributed by atoms with Crippen molar-refractivity contribution in [2.24, 2.45) is 17.8 Å². The third-order valence-corrected chi connectivity index (χ3v) is 11.3. The first kappa shape index (κ1) is 53.4. The summed E-state index contributed by atoms with van der Waals surface area (Å²) in [5.74, 6) is 1.58. The number of hydrogen-bond acceptors (Lipinski definition) is 6. The maximum absolute atomic E-state index is 12.7. The van der Waals surface area contributed by atoms with E-state index < -0.39 is 6.10 Å². The summed E-state index contributed by atoms with van der Waals surface area (Å²) in [4.78, 5) is 37.8. The van der Waals surface area contributed by atoms with Gasteiger partial charge in [-0.05, 0) is 37.0 Å². The van der Waals surface area contributed by atoms with E-state index in [9.17, 15) is 14.4 Å². The summed E-state index contributed by atoms with van der Waals surface area (Å²) in [5.41, 5.74) is 0. The normalized spacial score (nSPS) is 12.7. The predicted octanol–water partition coefficient (Wildman–Crippen LogP) is 15.2. The van der Waals surface area contributed by atoms with Crippen LogP contribution in [0, 0.1) is 17.8 Å². The minimum atomic E-state index is -0.762. The minimum absolute atomic E-state index is 0.0663. The van der Waals surface area contributed by atoms with E-state index in [1.807, 2.05) is 0 Å². The van der Waals surface area contributed by atoms with Crippen LogP contribution in [0.4, 0.5) is 0 Å². The molecule has 55 heavy (non-hydrogen) atoms. The van der Waals surface area contributed by atoms with Crippen LogP contribution in [-0.4, -0.2) is 37.2 Å². The molecule has 0 amide bonds. The number of unbranched alkanes of at least 4 members (excludes halogenated alkanes) is 24. The molecule has 0 aliphatic rings. The first-order valence-corrected chi connectivity index (χ1v) is 24.1. The Morgan fingerprint density at radius 1 is 0.364 bits per heavy atom. The van der Waals surface area contributed by atoms with E-state index in [1.54, 1.807) is 0 Å². The smallest absolute Gasteiger partial charge is 0.306 e. The molecule has 0 radical (unpaired) electrons. The summed E-state index contributed by atoms with van der Waals surface area (Å²) in [6.45, 7) is 13.6. The zero-order chi connectivity index (χ0) is 40.6. The van der Waals surface area contributed by atoms with Crippen molar-refractivity contribution >= 4 is 17.9 Å². The molecule has 0 aromatic heterocycles. The van der Waals surface area contributed by atoms with Crippen LogP contribution in [0.2, 0.25) is 0 Å². The lowest BCUT2D eigenvalue weighted by Gasteiger charge is -2.18. The van der Waals surface area contributed by atoms with Gasteiger partial charge in [0.2, 0.25) is 0 Å². The Morgan fingerprint density at radius 2 is 0.636 bits per heavy atom. The van der Waals surface area contributed by atoms with E-state index in [1.165, 1.54) is 141 Å². The highest BCUT2D eigenvalue weighted by Crippen LogP contribution is 2.17. The molecule has 2 atom stereocenters. The van der Waals surface area contributed by atoms with Crippen molar-refractivity contribution in [2.45, 2.75) is 266 Å². The summed E-state index contributed by atoms with van der Waals surface area (Å²) in [7, 11) is 0. The average molecular weight is 779 g/mol. The second-order valence-electron chi connectivity index (χ2n) is 17.9. The van der Waals surface area contributed by atoms with Crippen molar-refractivity contribution in [2.75, 3.05) is 13.2 Å². The topological polar surface area (TPSA) is 78.9 Å². The molecule has 0 saturated carbocycles. The molecule has 0 aromatic carbocycles. The molecule has 0 saturated heterocycles. The monoisotopic (exact) mass is 779 g/mol. The Morgan fingerprint density at radius 3 is 0.945 bits per heavy atom. The highest BCUT2D eigenvalue weighted by atomic mass is 16.6. The lowest BCUT2D eigenvalue weighted by Crippen LogP contribution is -2.30. The summed E-state index contributed by atoms with van der Waals surface area (Å²) < 4.78 is 16.7. The standard InChI is InChI=1S/C49H94O6/c1-7-45(6)37-31-25-18-15-16-20-28-34-40-49(52)55-46(42-54-48(51)39-33-27-22-21-24-30-36-44(4)5)41-53-47(50)38-32-26-19-14-12-10-8-9-11-13-17-23-29-35-43(2)3/h43-46H,7-42H2,1-6H3/t45?,46-/m0/s1. The van der Waals surface area contributed by atoms with Crippen molar-refractivity contribution < 1.29 is 28.6 Å². The molecule has 0 aromatic rings. The average Bonchev–Trinajstić information content (AvgIpc) is 3.15. The van der Waals surface area contributed by atoms with Crippen molar-refractivity contribution in [1.82, 2.24) is 0 Å². The third kappa shape index (κ3) is 41.9. The van der Waals surface area contributed by atoms with Gasteiger partial charge in [0, 0.05) is 19.3 Å². The Labute approximate surface area is 342 Å². The van der Waals surface area contributed by atoms with Crippen molar-refractivity contribution in [3.05, 3.63) is 0 Å². The molecule has 0 N–H and O–H groups in total. The van der Waals surface area contributed by atoms with Crippen molar-refractivity contribution in [3.63, 3.8) is 0 Å². The van der Waals surface area contributed by atoms with Crippen LogP contribution in [0.15, 0.2) is 0 Å². The zero-order valence-electron chi connectivity index (χ0n) is 37.7. The van der Waals surface area contributed by atoms with Gasteiger partial charge >= 0.3 is 17.9 Å². The molecule has 0 aliphatic carbocycles. The molecule has 0 fully saturated rings.